The fourth-order valence-electron chi connectivity index (χ4n) is 0.701. The van der Waals surface area contributed by atoms with Crippen molar-refractivity contribution in [2.75, 3.05) is 6.54 Å². The van der Waals surface area contributed by atoms with Crippen molar-refractivity contribution in [1.29, 1.82) is 0 Å². The van der Waals surface area contributed by atoms with E-state index in [0.29, 0.717) is 18.8 Å². The van der Waals surface area contributed by atoms with Gasteiger partial charge >= 0.3 is 0 Å². The quantitative estimate of drug-likeness (QED) is 0.592. The molecule has 1 aromatic rings. The summed E-state index contributed by atoms with van der Waals surface area (Å²) in [5.74, 6) is -0.0757. The highest BCUT2D eigenvalue weighted by Gasteiger charge is 2.03. The zero-order chi connectivity index (χ0) is 8.27. The lowest BCUT2D eigenvalue weighted by atomic mass is 10.3. The smallest absolute Gasteiger partial charge is 0.181 e. The van der Waals surface area contributed by atoms with E-state index in [1.807, 2.05) is 0 Å². The lowest BCUT2D eigenvalue weighted by Gasteiger charge is -1.91. The summed E-state index contributed by atoms with van der Waals surface area (Å²) < 4.78 is 1.55. The summed E-state index contributed by atoms with van der Waals surface area (Å²) in [5, 5.41) is 7.34. The molecule has 1 rings (SSSR count). The Hall–Kier alpha value is -1.23. The van der Waals surface area contributed by atoms with Crippen molar-refractivity contribution < 1.29 is 4.79 Å². The van der Waals surface area contributed by atoms with Crippen molar-refractivity contribution in [2.24, 2.45) is 5.73 Å². The van der Waals surface area contributed by atoms with Gasteiger partial charge in [-0.2, -0.15) is 0 Å². The van der Waals surface area contributed by atoms with Crippen molar-refractivity contribution in [3.8, 4) is 0 Å². The highest BCUT2D eigenvalue weighted by atomic mass is 16.1. The average molecular weight is 154 g/mol. The van der Waals surface area contributed by atoms with Crippen LogP contribution in [-0.4, -0.2) is 27.3 Å². The Morgan fingerprint density at radius 2 is 2.55 bits per heavy atom. The van der Waals surface area contributed by atoms with Crippen LogP contribution >= 0.6 is 0 Å². The maximum absolute atomic E-state index is 10.7. The number of hydrogen-bond acceptors (Lipinski definition) is 4. The summed E-state index contributed by atoms with van der Waals surface area (Å²) in [5.41, 5.74) is 5.66. The van der Waals surface area contributed by atoms with Gasteiger partial charge in [-0.15, -0.1) is 5.10 Å². The van der Waals surface area contributed by atoms with E-state index in [2.05, 4.69) is 10.3 Å². The number of hydrogen-bond donors (Lipinski definition) is 1. The molecule has 0 saturated heterocycles. The van der Waals surface area contributed by atoms with E-state index in [1.165, 1.54) is 6.92 Å². The molecule has 0 saturated carbocycles. The lowest BCUT2D eigenvalue weighted by molar-refractivity contribution is 0.101. The van der Waals surface area contributed by atoms with Crippen LogP contribution in [0.1, 0.15) is 17.4 Å². The Bertz CT molecular complexity index is 255. The number of carbonyl (C=O) groups is 1. The van der Waals surface area contributed by atoms with Gasteiger partial charge in [-0.3, -0.25) is 9.48 Å². The largest absolute Gasteiger partial charge is 0.329 e. The van der Waals surface area contributed by atoms with Crippen LogP contribution in [0.25, 0.3) is 0 Å². The van der Waals surface area contributed by atoms with E-state index in [4.69, 9.17) is 5.73 Å². The first kappa shape index (κ1) is 7.87. The van der Waals surface area contributed by atoms with Crippen LogP contribution in [0, 0.1) is 0 Å². The van der Waals surface area contributed by atoms with Gasteiger partial charge in [0.05, 0.1) is 12.7 Å². The number of carbonyl (C=O) groups excluding carboxylic acids is 1. The minimum atomic E-state index is -0.0757. The third kappa shape index (κ3) is 1.84. The molecule has 0 aliphatic rings. The van der Waals surface area contributed by atoms with Gasteiger partial charge in [-0.05, 0) is 0 Å². The maximum atomic E-state index is 10.7. The fourth-order valence-corrected chi connectivity index (χ4v) is 0.701. The van der Waals surface area contributed by atoms with Crippen LogP contribution < -0.4 is 5.73 Å². The number of ketones is 1. The molecular weight excluding hydrogens is 144 g/mol. The summed E-state index contributed by atoms with van der Waals surface area (Å²) >= 11 is 0. The van der Waals surface area contributed by atoms with E-state index in [1.54, 1.807) is 10.9 Å². The Balaban J connectivity index is 2.73. The summed E-state index contributed by atoms with van der Waals surface area (Å²) in [6.07, 6.45) is 1.59. The van der Waals surface area contributed by atoms with Crippen molar-refractivity contribution in [1.82, 2.24) is 15.0 Å². The summed E-state index contributed by atoms with van der Waals surface area (Å²) in [6, 6.07) is 0. The second-order valence-electron chi connectivity index (χ2n) is 2.21. The first-order valence-electron chi connectivity index (χ1n) is 3.35. The third-order valence-electron chi connectivity index (χ3n) is 1.26. The zero-order valence-electron chi connectivity index (χ0n) is 6.32. The molecule has 1 heterocycles. The minimum absolute atomic E-state index is 0.0757. The summed E-state index contributed by atoms with van der Waals surface area (Å²) in [7, 11) is 0. The standard InChI is InChI=1S/C6H10N4O/c1-5(11)6-4-10(3-2-7)9-8-6/h4H,2-3,7H2,1H3. The molecule has 0 amide bonds. The highest BCUT2D eigenvalue weighted by Crippen LogP contribution is 1.92. The number of Topliss-reactive ketones (excluding diaryl/α,β-unsaturated/α-hetero) is 1. The molecule has 0 aliphatic carbocycles. The SMILES string of the molecule is CC(=O)c1cn(CCN)nn1. The molecule has 1 aromatic heterocycles. The van der Waals surface area contributed by atoms with E-state index in [0.717, 1.165) is 0 Å². The molecule has 2 N–H and O–H groups in total. The van der Waals surface area contributed by atoms with E-state index < -0.39 is 0 Å². The zero-order valence-corrected chi connectivity index (χ0v) is 6.32. The number of nitrogens with zero attached hydrogens (tertiary/aromatic N) is 3. The molecule has 0 fully saturated rings. The molecule has 0 bridgehead atoms. The van der Waals surface area contributed by atoms with E-state index in [9.17, 15) is 4.79 Å². The van der Waals surface area contributed by atoms with Gasteiger partial charge in [0.2, 0.25) is 0 Å². The van der Waals surface area contributed by atoms with Gasteiger partial charge in [-0.25, -0.2) is 0 Å². The highest BCUT2D eigenvalue weighted by molar-refractivity contribution is 5.91. The second-order valence-corrected chi connectivity index (χ2v) is 2.21. The summed E-state index contributed by atoms with van der Waals surface area (Å²) in [6.45, 7) is 2.55. The normalized spacial score (nSPS) is 10.0. The average Bonchev–Trinajstić information content (AvgIpc) is 2.37. The Labute approximate surface area is 64.2 Å². The summed E-state index contributed by atoms with van der Waals surface area (Å²) in [4.78, 5) is 10.7. The first-order valence-corrected chi connectivity index (χ1v) is 3.35. The third-order valence-corrected chi connectivity index (χ3v) is 1.26. The van der Waals surface area contributed by atoms with Gasteiger partial charge in [0.1, 0.15) is 5.69 Å². The molecule has 0 aliphatic heterocycles. The molecule has 5 nitrogen and oxygen atoms in total. The van der Waals surface area contributed by atoms with E-state index >= 15 is 0 Å². The lowest BCUT2D eigenvalue weighted by Crippen LogP contribution is -2.10. The number of rotatable bonds is 3. The molecule has 11 heavy (non-hydrogen) atoms. The van der Waals surface area contributed by atoms with Crippen molar-refractivity contribution in [3.05, 3.63) is 11.9 Å². The predicted molar refractivity (Wildman–Crippen MR) is 39.1 cm³/mol. The molecule has 0 aromatic carbocycles. The van der Waals surface area contributed by atoms with Crippen molar-refractivity contribution in [3.63, 3.8) is 0 Å². The molecule has 0 unspecified atom stereocenters. The molecule has 0 spiro atoms. The van der Waals surface area contributed by atoms with Crippen molar-refractivity contribution >= 4 is 5.78 Å². The first-order chi connectivity index (χ1) is 5.24. The fraction of sp³-hybridized carbons (Fsp3) is 0.500. The molecular formula is C6H10N4O. The van der Waals surface area contributed by atoms with Crippen LogP contribution in [0.3, 0.4) is 0 Å². The Kier molecular flexibility index (Phi) is 2.32. The van der Waals surface area contributed by atoms with E-state index in [-0.39, 0.29) is 5.78 Å². The van der Waals surface area contributed by atoms with Crippen LogP contribution in [0.15, 0.2) is 6.20 Å². The maximum Gasteiger partial charge on any atom is 0.181 e. The van der Waals surface area contributed by atoms with Gasteiger partial charge in [-0.1, -0.05) is 5.21 Å². The topological polar surface area (TPSA) is 73.8 Å². The van der Waals surface area contributed by atoms with Gasteiger partial charge in [0.15, 0.2) is 5.78 Å². The van der Waals surface area contributed by atoms with Crippen LogP contribution in [-0.2, 0) is 6.54 Å². The van der Waals surface area contributed by atoms with Crippen LogP contribution in [0.2, 0.25) is 0 Å². The predicted octanol–water partition coefficient (Wildman–Crippen LogP) is -0.561. The molecule has 5 heteroatoms. The molecule has 0 radical (unpaired) electrons. The minimum Gasteiger partial charge on any atom is -0.329 e. The van der Waals surface area contributed by atoms with Gasteiger partial charge in [0.25, 0.3) is 0 Å². The van der Waals surface area contributed by atoms with Crippen LogP contribution in [0.5, 0.6) is 0 Å². The van der Waals surface area contributed by atoms with Gasteiger partial charge in [0, 0.05) is 13.5 Å². The number of aromatic nitrogens is 3. The van der Waals surface area contributed by atoms with Crippen LogP contribution in [0.4, 0.5) is 0 Å². The Morgan fingerprint density at radius 1 is 1.82 bits per heavy atom. The Morgan fingerprint density at radius 3 is 3.00 bits per heavy atom. The molecule has 60 valence electrons. The monoisotopic (exact) mass is 154 g/mol. The van der Waals surface area contributed by atoms with Gasteiger partial charge < -0.3 is 5.73 Å². The number of nitrogens with two attached hydrogens (primary N) is 1. The molecule has 0 atom stereocenters. The van der Waals surface area contributed by atoms with Crippen molar-refractivity contribution in [2.45, 2.75) is 13.5 Å². The second kappa shape index (κ2) is 3.25.